The van der Waals surface area contributed by atoms with Crippen molar-refractivity contribution in [1.29, 1.82) is 5.26 Å². The standard InChI is InChI=1S/C24H30BrClF3N5O2Si/c1-23(2,3)37(4,5)36-12-15-8-16(9-17(20(15)25)24(27,28)29)32-22-31-11-18(26)21(34-22)33-19-13-35-7-6-14(19)10-30/h8-9,11,14,19H,6-7,12-13H2,1-5H3,(H2,31,32,33,34). The number of rotatable bonds is 7. The Morgan fingerprint density at radius 3 is 2.62 bits per heavy atom. The summed E-state index contributed by atoms with van der Waals surface area (Å²) in [6.07, 6.45) is -2.68. The van der Waals surface area contributed by atoms with Crippen LogP contribution < -0.4 is 10.6 Å². The second kappa shape index (κ2) is 11.5. The first-order valence-electron chi connectivity index (χ1n) is 11.7. The van der Waals surface area contributed by atoms with Gasteiger partial charge in [-0.15, -0.1) is 0 Å². The molecule has 0 saturated carbocycles. The quantitative estimate of drug-likeness (QED) is 0.309. The Bertz CT molecular complexity index is 1170. The topological polar surface area (TPSA) is 92.1 Å². The van der Waals surface area contributed by atoms with Crippen LogP contribution in [-0.2, 0) is 21.9 Å². The van der Waals surface area contributed by atoms with E-state index in [0.29, 0.717) is 25.2 Å². The van der Waals surface area contributed by atoms with Crippen LogP contribution in [0, 0.1) is 17.2 Å². The van der Waals surface area contributed by atoms with Gasteiger partial charge in [0, 0.05) is 16.8 Å². The molecule has 0 bridgehead atoms. The lowest BCUT2D eigenvalue weighted by Crippen LogP contribution is -2.40. The first-order chi connectivity index (χ1) is 17.1. The molecule has 2 heterocycles. The molecule has 0 radical (unpaired) electrons. The molecule has 37 heavy (non-hydrogen) atoms. The van der Waals surface area contributed by atoms with Crippen molar-refractivity contribution in [2.24, 2.45) is 5.92 Å². The first-order valence-corrected chi connectivity index (χ1v) is 15.8. The van der Waals surface area contributed by atoms with Gasteiger partial charge in [-0.05, 0) is 58.2 Å². The van der Waals surface area contributed by atoms with Gasteiger partial charge in [0.2, 0.25) is 5.95 Å². The van der Waals surface area contributed by atoms with Crippen molar-refractivity contribution in [3.63, 3.8) is 0 Å². The SMILES string of the molecule is CC(C)(C)[Si](C)(C)OCc1cc(Nc2ncc(Cl)c(NC3COCCC3C#N)n2)cc(C(F)(F)F)c1Br. The minimum absolute atomic E-state index is 0.0151. The summed E-state index contributed by atoms with van der Waals surface area (Å²) in [6.45, 7) is 11.1. The predicted molar refractivity (Wildman–Crippen MR) is 143 cm³/mol. The van der Waals surface area contributed by atoms with E-state index < -0.39 is 20.1 Å². The van der Waals surface area contributed by atoms with Crippen LogP contribution >= 0.6 is 27.5 Å². The zero-order valence-corrected chi connectivity index (χ0v) is 24.6. The number of hydrogen-bond acceptors (Lipinski definition) is 7. The van der Waals surface area contributed by atoms with E-state index in [1.807, 2.05) is 13.1 Å². The molecule has 3 rings (SSSR count). The molecule has 0 amide bonds. The maximum Gasteiger partial charge on any atom is 0.417 e. The third-order valence-corrected chi connectivity index (χ3v) is 12.4. The summed E-state index contributed by atoms with van der Waals surface area (Å²) in [6, 6.07) is 4.49. The fourth-order valence-corrected chi connectivity index (χ4v) is 5.07. The van der Waals surface area contributed by atoms with Crippen LogP contribution in [0.25, 0.3) is 0 Å². The highest BCUT2D eigenvalue weighted by Crippen LogP contribution is 2.41. The third-order valence-electron chi connectivity index (χ3n) is 6.69. The fraction of sp³-hybridized carbons (Fsp3) is 0.542. The van der Waals surface area contributed by atoms with Gasteiger partial charge >= 0.3 is 6.18 Å². The van der Waals surface area contributed by atoms with Crippen molar-refractivity contribution in [2.75, 3.05) is 23.8 Å². The molecule has 2 atom stereocenters. The van der Waals surface area contributed by atoms with E-state index in [1.165, 1.54) is 6.20 Å². The second-order valence-corrected chi connectivity index (χ2v) is 16.4. The number of aromatic nitrogens is 2. The summed E-state index contributed by atoms with van der Waals surface area (Å²) in [5, 5.41) is 15.5. The molecule has 2 N–H and O–H groups in total. The average Bonchev–Trinajstić information content (AvgIpc) is 2.80. The number of alkyl halides is 3. The van der Waals surface area contributed by atoms with Crippen LogP contribution in [0.3, 0.4) is 0 Å². The van der Waals surface area contributed by atoms with Crippen LogP contribution in [0.5, 0.6) is 0 Å². The Kier molecular flexibility index (Phi) is 9.17. The predicted octanol–water partition coefficient (Wildman–Crippen LogP) is 7.52. The van der Waals surface area contributed by atoms with Gasteiger partial charge in [0.05, 0.1) is 43.0 Å². The normalized spacial score (nSPS) is 18.8. The summed E-state index contributed by atoms with van der Waals surface area (Å²) in [5.74, 6) is 0.00821. The number of nitrogens with zero attached hydrogens (tertiary/aromatic N) is 3. The highest BCUT2D eigenvalue weighted by atomic mass is 79.9. The number of ether oxygens (including phenoxy) is 1. The minimum atomic E-state index is -4.59. The smallest absolute Gasteiger partial charge is 0.413 e. The number of hydrogen-bond donors (Lipinski definition) is 2. The highest BCUT2D eigenvalue weighted by molar-refractivity contribution is 9.10. The van der Waals surface area contributed by atoms with Crippen molar-refractivity contribution >= 4 is 53.3 Å². The molecule has 1 aromatic carbocycles. The molecule has 1 aliphatic heterocycles. The Morgan fingerprint density at radius 2 is 2.00 bits per heavy atom. The lowest BCUT2D eigenvalue weighted by Gasteiger charge is -2.36. The van der Waals surface area contributed by atoms with Crippen LogP contribution in [0.1, 0.15) is 38.3 Å². The monoisotopic (exact) mass is 619 g/mol. The zero-order valence-electron chi connectivity index (χ0n) is 21.3. The Labute approximate surface area is 229 Å². The van der Waals surface area contributed by atoms with Gasteiger partial charge in [-0.1, -0.05) is 32.4 Å². The van der Waals surface area contributed by atoms with Gasteiger partial charge in [-0.3, -0.25) is 0 Å². The van der Waals surface area contributed by atoms with E-state index in [9.17, 15) is 18.4 Å². The van der Waals surface area contributed by atoms with Gasteiger partial charge in [-0.25, -0.2) is 4.98 Å². The molecule has 202 valence electrons. The largest absolute Gasteiger partial charge is 0.417 e. The van der Waals surface area contributed by atoms with Crippen LogP contribution in [0.2, 0.25) is 23.2 Å². The first kappa shape index (κ1) is 29.6. The Hall–Kier alpha value is -1.91. The summed E-state index contributed by atoms with van der Waals surface area (Å²) >= 11 is 9.39. The van der Waals surface area contributed by atoms with Crippen molar-refractivity contribution < 1.29 is 22.3 Å². The molecule has 7 nitrogen and oxygen atoms in total. The van der Waals surface area contributed by atoms with Crippen molar-refractivity contribution in [1.82, 2.24) is 9.97 Å². The van der Waals surface area contributed by atoms with Crippen molar-refractivity contribution in [3.05, 3.63) is 39.0 Å². The van der Waals surface area contributed by atoms with E-state index in [2.05, 4.69) is 63.4 Å². The summed E-state index contributed by atoms with van der Waals surface area (Å²) in [5.41, 5.74) is -0.339. The molecular formula is C24H30BrClF3N5O2Si. The maximum absolute atomic E-state index is 13.9. The molecular weight excluding hydrogens is 591 g/mol. The summed E-state index contributed by atoms with van der Waals surface area (Å²) in [4.78, 5) is 8.46. The zero-order chi connectivity index (χ0) is 27.6. The molecule has 13 heteroatoms. The highest BCUT2D eigenvalue weighted by Gasteiger charge is 2.38. The average molecular weight is 621 g/mol. The number of benzene rings is 1. The molecule has 1 aromatic heterocycles. The molecule has 1 saturated heterocycles. The lowest BCUT2D eigenvalue weighted by molar-refractivity contribution is -0.138. The van der Waals surface area contributed by atoms with E-state index in [4.69, 9.17) is 20.8 Å². The lowest BCUT2D eigenvalue weighted by atomic mass is 9.96. The fourth-order valence-electron chi connectivity index (χ4n) is 3.41. The van der Waals surface area contributed by atoms with Gasteiger partial charge in [0.15, 0.2) is 14.1 Å². The number of nitrogens with one attached hydrogen (secondary N) is 2. The van der Waals surface area contributed by atoms with Gasteiger partial charge < -0.3 is 19.8 Å². The van der Waals surface area contributed by atoms with E-state index in [0.717, 1.165) is 6.07 Å². The van der Waals surface area contributed by atoms with Crippen LogP contribution in [0.4, 0.5) is 30.6 Å². The van der Waals surface area contributed by atoms with E-state index in [-0.39, 0.29) is 50.6 Å². The van der Waals surface area contributed by atoms with Gasteiger partial charge in [0.25, 0.3) is 0 Å². The second-order valence-electron chi connectivity index (χ2n) is 10.4. The maximum atomic E-state index is 13.9. The van der Waals surface area contributed by atoms with Crippen molar-refractivity contribution in [3.8, 4) is 6.07 Å². The minimum Gasteiger partial charge on any atom is -0.413 e. The van der Waals surface area contributed by atoms with Gasteiger partial charge in [-0.2, -0.15) is 23.4 Å². The van der Waals surface area contributed by atoms with Crippen LogP contribution in [-0.4, -0.2) is 37.5 Å². The van der Waals surface area contributed by atoms with E-state index >= 15 is 0 Å². The Morgan fingerprint density at radius 1 is 1.30 bits per heavy atom. The molecule has 0 aliphatic carbocycles. The number of anilines is 3. The summed E-state index contributed by atoms with van der Waals surface area (Å²) in [7, 11) is -2.21. The third kappa shape index (κ3) is 7.35. The molecule has 2 aromatic rings. The number of halogens is 5. The van der Waals surface area contributed by atoms with Gasteiger partial charge in [0.1, 0.15) is 5.02 Å². The molecule has 0 spiro atoms. The van der Waals surface area contributed by atoms with Crippen LogP contribution in [0.15, 0.2) is 22.8 Å². The van der Waals surface area contributed by atoms with Crippen molar-refractivity contribution in [2.45, 2.75) is 64.1 Å². The Balaban J connectivity index is 1.90. The molecule has 1 fully saturated rings. The summed E-state index contributed by atoms with van der Waals surface area (Å²) < 4.78 is 53.2. The number of nitriles is 1. The molecule has 2 unspecified atom stereocenters. The molecule has 1 aliphatic rings. The van der Waals surface area contributed by atoms with E-state index in [1.54, 1.807) is 6.07 Å².